The van der Waals surface area contributed by atoms with Crippen LogP contribution in [0.4, 0.5) is 14.5 Å². The average molecular weight is 290 g/mol. The highest BCUT2D eigenvalue weighted by Gasteiger charge is 2.23. The average Bonchev–Trinajstić information content (AvgIpc) is 2.35. The number of nitrogens with one attached hydrogen (secondary N) is 2. The van der Waals surface area contributed by atoms with Gasteiger partial charge < -0.3 is 5.32 Å². The molecular formula is C12H16F2N2O2S. The van der Waals surface area contributed by atoms with Crippen LogP contribution in [0.1, 0.15) is 12.8 Å². The fraction of sp³-hybridized carbons (Fsp3) is 0.500. The molecule has 1 aliphatic heterocycles. The Kier molecular flexibility index (Phi) is 4.36. The molecule has 1 aromatic carbocycles. The molecule has 19 heavy (non-hydrogen) atoms. The number of sulfonamides is 1. The molecule has 4 nitrogen and oxygen atoms in total. The molecule has 1 aliphatic rings. The van der Waals surface area contributed by atoms with Gasteiger partial charge in [-0.2, -0.15) is 0 Å². The summed E-state index contributed by atoms with van der Waals surface area (Å²) in [6, 6.07) is 3.22. The van der Waals surface area contributed by atoms with Crippen molar-refractivity contribution in [1.29, 1.82) is 0 Å². The largest absolute Gasteiger partial charge is 0.316 e. The molecule has 0 aromatic heterocycles. The van der Waals surface area contributed by atoms with Gasteiger partial charge in [-0.1, -0.05) is 6.07 Å². The van der Waals surface area contributed by atoms with Crippen LogP contribution in [-0.2, 0) is 10.0 Å². The van der Waals surface area contributed by atoms with Gasteiger partial charge in [-0.25, -0.2) is 17.2 Å². The predicted octanol–water partition coefficient (Wildman–Crippen LogP) is 1.71. The lowest BCUT2D eigenvalue weighted by atomic mass is 10.0. The number of hydrogen-bond acceptors (Lipinski definition) is 3. The van der Waals surface area contributed by atoms with E-state index in [1.807, 2.05) is 4.72 Å². The summed E-state index contributed by atoms with van der Waals surface area (Å²) in [5.41, 5.74) is -0.605. The molecule has 0 bridgehead atoms. The third kappa shape index (κ3) is 3.87. The van der Waals surface area contributed by atoms with E-state index in [1.165, 1.54) is 6.07 Å². The smallest absolute Gasteiger partial charge is 0.233 e. The monoisotopic (exact) mass is 290 g/mol. The Labute approximate surface area is 111 Å². The van der Waals surface area contributed by atoms with E-state index in [9.17, 15) is 17.2 Å². The number of para-hydroxylation sites is 1. The van der Waals surface area contributed by atoms with Crippen molar-refractivity contribution in [3.8, 4) is 0 Å². The second-order valence-electron chi connectivity index (χ2n) is 4.69. The molecule has 1 heterocycles. The van der Waals surface area contributed by atoms with E-state index in [4.69, 9.17) is 0 Å². The summed E-state index contributed by atoms with van der Waals surface area (Å²) >= 11 is 0. The summed E-state index contributed by atoms with van der Waals surface area (Å²) in [6.07, 6.45) is 1.71. The molecule has 1 fully saturated rings. The molecule has 1 atom stereocenters. The van der Waals surface area contributed by atoms with Crippen LogP contribution < -0.4 is 10.0 Å². The van der Waals surface area contributed by atoms with E-state index >= 15 is 0 Å². The van der Waals surface area contributed by atoms with Gasteiger partial charge in [-0.05, 0) is 44.0 Å². The summed E-state index contributed by atoms with van der Waals surface area (Å²) in [5.74, 6) is -1.98. The first kappa shape index (κ1) is 14.2. The standard InChI is InChI=1S/C12H16F2N2O2S/c13-10-4-1-5-11(14)12(10)16-19(17,18)8-9-3-2-6-15-7-9/h1,4-5,9,15-16H,2-3,6-8H2. The fourth-order valence-electron chi connectivity index (χ4n) is 2.17. The van der Waals surface area contributed by atoms with Crippen molar-refractivity contribution in [2.24, 2.45) is 5.92 Å². The van der Waals surface area contributed by atoms with Crippen molar-refractivity contribution in [2.75, 3.05) is 23.6 Å². The Bertz CT molecular complexity index is 522. The number of anilines is 1. The molecule has 0 amide bonds. The van der Waals surface area contributed by atoms with Crippen LogP contribution in [0.3, 0.4) is 0 Å². The number of hydrogen-bond donors (Lipinski definition) is 2. The lowest BCUT2D eigenvalue weighted by molar-refractivity contribution is 0.404. The van der Waals surface area contributed by atoms with Gasteiger partial charge in [0.1, 0.15) is 17.3 Å². The molecule has 0 spiro atoms. The van der Waals surface area contributed by atoms with Crippen molar-refractivity contribution in [3.05, 3.63) is 29.8 Å². The zero-order valence-electron chi connectivity index (χ0n) is 10.3. The molecule has 1 aromatic rings. The van der Waals surface area contributed by atoms with Crippen LogP contribution in [0.25, 0.3) is 0 Å². The van der Waals surface area contributed by atoms with Crippen molar-refractivity contribution >= 4 is 15.7 Å². The summed E-state index contributed by atoms with van der Waals surface area (Å²) in [7, 11) is -3.75. The van der Waals surface area contributed by atoms with Gasteiger partial charge in [0.15, 0.2) is 0 Å². The molecule has 0 saturated carbocycles. The Hall–Kier alpha value is -1.21. The summed E-state index contributed by atoms with van der Waals surface area (Å²) in [4.78, 5) is 0. The zero-order valence-corrected chi connectivity index (χ0v) is 11.1. The third-order valence-electron chi connectivity index (χ3n) is 3.07. The normalized spacial score (nSPS) is 20.2. The van der Waals surface area contributed by atoms with E-state index in [0.717, 1.165) is 31.5 Å². The first-order valence-corrected chi connectivity index (χ1v) is 7.78. The minimum Gasteiger partial charge on any atom is -0.316 e. The van der Waals surface area contributed by atoms with E-state index in [2.05, 4.69) is 5.32 Å². The maximum atomic E-state index is 13.4. The van der Waals surface area contributed by atoms with Crippen molar-refractivity contribution in [3.63, 3.8) is 0 Å². The van der Waals surface area contributed by atoms with Gasteiger partial charge >= 0.3 is 0 Å². The van der Waals surface area contributed by atoms with Crippen molar-refractivity contribution in [1.82, 2.24) is 5.32 Å². The molecule has 1 saturated heterocycles. The summed E-state index contributed by atoms with van der Waals surface area (Å²) in [6.45, 7) is 1.49. The first-order chi connectivity index (χ1) is 8.98. The fourth-order valence-corrected chi connectivity index (χ4v) is 3.66. The lowest BCUT2D eigenvalue weighted by Crippen LogP contribution is -2.35. The highest BCUT2D eigenvalue weighted by Crippen LogP contribution is 2.21. The van der Waals surface area contributed by atoms with E-state index in [-0.39, 0.29) is 11.7 Å². The van der Waals surface area contributed by atoms with Crippen LogP contribution in [0.15, 0.2) is 18.2 Å². The summed E-state index contributed by atoms with van der Waals surface area (Å²) in [5, 5.41) is 3.10. The van der Waals surface area contributed by atoms with E-state index < -0.39 is 27.3 Å². The van der Waals surface area contributed by atoms with Gasteiger partial charge in [0, 0.05) is 0 Å². The Balaban J connectivity index is 2.08. The molecule has 1 unspecified atom stereocenters. The summed E-state index contributed by atoms with van der Waals surface area (Å²) < 4.78 is 52.6. The molecule has 7 heteroatoms. The van der Waals surface area contributed by atoms with E-state index in [0.29, 0.717) is 6.54 Å². The van der Waals surface area contributed by atoms with Crippen molar-refractivity contribution < 1.29 is 17.2 Å². The maximum absolute atomic E-state index is 13.4. The van der Waals surface area contributed by atoms with Crippen molar-refractivity contribution in [2.45, 2.75) is 12.8 Å². The van der Waals surface area contributed by atoms with Crippen LogP contribution in [-0.4, -0.2) is 27.3 Å². The number of piperidine rings is 1. The second kappa shape index (κ2) is 5.83. The minimum atomic E-state index is -3.75. The number of halogens is 2. The lowest BCUT2D eigenvalue weighted by Gasteiger charge is -2.22. The third-order valence-corrected chi connectivity index (χ3v) is 4.50. The number of benzene rings is 1. The van der Waals surface area contributed by atoms with Gasteiger partial charge in [-0.15, -0.1) is 0 Å². The predicted molar refractivity (Wildman–Crippen MR) is 69.4 cm³/mol. The maximum Gasteiger partial charge on any atom is 0.233 e. The van der Waals surface area contributed by atoms with Gasteiger partial charge in [0.2, 0.25) is 10.0 Å². The van der Waals surface area contributed by atoms with Crippen LogP contribution in [0, 0.1) is 17.6 Å². The topological polar surface area (TPSA) is 58.2 Å². The highest BCUT2D eigenvalue weighted by molar-refractivity contribution is 7.92. The second-order valence-corrected chi connectivity index (χ2v) is 6.46. The SMILES string of the molecule is O=S(=O)(CC1CCCNC1)Nc1c(F)cccc1F. The molecule has 106 valence electrons. The molecule has 2 rings (SSSR count). The quantitative estimate of drug-likeness (QED) is 0.887. The Morgan fingerprint density at radius 3 is 2.58 bits per heavy atom. The molecule has 0 aliphatic carbocycles. The number of rotatable bonds is 4. The molecule has 2 N–H and O–H groups in total. The highest BCUT2D eigenvalue weighted by atomic mass is 32.2. The van der Waals surface area contributed by atoms with Crippen LogP contribution in [0.5, 0.6) is 0 Å². The van der Waals surface area contributed by atoms with Crippen LogP contribution in [0.2, 0.25) is 0 Å². The minimum absolute atomic E-state index is 0.0268. The first-order valence-electron chi connectivity index (χ1n) is 6.13. The zero-order chi connectivity index (χ0) is 13.9. The van der Waals surface area contributed by atoms with Gasteiger partial charge in [-0.3, -0.25) is 4.72 Å². The Morgan fingerprint density at radius 2 is 2.00 bits per heavy atom. The van der Waals surface area contributed by atoms with Gasteiger partial charge in [0.25, 0.3) is 0 Å². The molecular weight excluding hydrogens is 274 g/mol. The van der Waals surface area contributed by atoms with Gasteiger partial charge in [0.05, 0.1) is 5.75 Å². The van der Waals surface area contributed by atoms with Crippen LogP contribution >= 0.6 is 0 Å². The molecule has 0 radical (unpaired) electrons. The Morgan fingerprint density at radius 1 is 1.32 bits per heavy atom. The van der Waals surface area contributed by atoms with E-state index in [1.54, 1.807) is 0 Å².